The van der Waals surface area contributed by atoms with Crippen LogP contribution in [0.1, 0.15) is 44.6 Å². The van der Waals surface area contributed by atoms with E-state index in [4.69, 9.17) is 9.57 Å². The van der Waals surface area contributed by atoms with Gasteiger partial charge in [0.1, 0.15) is 17.9 Å². The van der Waals surface area contributed by atoms with Gasteiger partial charge in [-0.1, -0.05) is 13.3 Å². The quantitative estimate of drug-likeness (QED) is 0.367. The first-order valence-corrected chi connectivity index (χ1v) is 12.8. The lowest BCUT2D eigenvalue weighted by atomic mass is 9.99. The number of sulfonamides is 1. The van der Waals surface area contributed by atoms with Crippen LogP contribution in [0.5, 0.6) is 5.75 Å². The molecule has 2 aliphatic rings. The highest BCUT2D eigenvalue weighted by Gasteiger charge is 2.29. The number of piperidine rings is 1. The molecule has 1 aromatic carbocycles. The number of hydrogen-bond acceptors (Lipinski definition) is 7. The van der Waals surface area contributed by atoms with E-state index in [0.29, 0.717) is 31.1 Å². The zero-order valence-corrected chi connectivity index (χ0v) is 19.2. The number of carbonyl (C=O) groups is 1. The van der Waals surface area contributed by atoms with Crippen LogP contribution in [-0.4, -0.2) is 57.1 Å². The van der Waals surface area contributed by atoms with Gasteiger partial charge < -0.3 is 15.2 Å². The molecule has 0 unspecified atom stereocenters. The molecule has 2 heterocycles. The van der Waals surface area contributed by atoms with Crippen LogP contribution >= 0.6 is 0 Å². The van der Waals surface area contributed by atoms with Crippen LogP contribution < -0.4 is 20.3 Å². The lowest BCUT2D eigenvalue weighted by Gasteiger charge is -2.22. The maximum absolute atomic E-state index is 12.1. The van der Waals surface area contributed by atoms with Crippen molar-refractivity contribution in [1.82, 2.24) is 15.5 Å². The van der Waals surface area contributed by atoms with Gasteiger partial charge in [0.05, 0.1) is 18.1 Å². The van der Waals surface area contributed by atoms with Crippen molar-refractivity contribution in [3.05, 3.63) is 35.9 Å². The molecule has 178 valence electrons. The summed E-state index contributed by atoms with van der Waals surface area (Å²) in [5.41, 5.74) is 4.39. The Hall–Kier alpha value is -2.14. The molecule has 0 bridgehead atoms. The summed E-state index contributed by atoms with van der Waals surface area (Å²) in [4.78, 5) is 17.0. The molecule has 0 amide bonds. The number of hydroxylamine groups is 1. The molecule has 2 aliphatic heterocycles. The first-order valence-electron chi connectivity index (χ1n) is 11.2. The van der Waals surface area contributed by atoms with E-state index in [9.17, 15) is 18.3 Å². The molecule has 0 saturated carbocycles. The summed E-state index contributed by atoms with van der Waals surface area (Å²) in [7, 11) is -3.66. The Morgan fingerprint density at radius 1 is 1.28 bits per heavy atom. The molecule has 0 spiro atoms. The molecule has 0 aliphatic carbocycles. The number of nitrogens with one attached hydrogen (secondary N) is 3. The van der Waals surface area contributed by atoms with Crippen molar-refractivity contribution in [2.75, 3.05) is 25.4 Å². The van der Waals surface area contributed by atoms with Crippen LogP contribution in [-0.2, 0) is 19.7 Å². The minimum absolute atomic E-state index is 0.0192. The summed E-state index contributed by atoms with van der Waals surface area (Å²) < 4.78 is 32.4. The second-order valence-corrected chi connectivity index (χ2v) is 10.2. The predicted octanol–water partition coefficient (Wildman–Crippen LogP) is 1.87. The second kappa shape index (κ2) is 11.6. The smallest absolute Gasteiger partial charge is 0.321 e. The zero-order chi connectivity index (χ0) is 23.0. The number of aliphatic carboxylic acids is 1. The molecule has 9 nitrogen and oxygen atoms in total. The molecule has 2 atom stereocenters. The zero-order valence-electron chi connectivity index (χ0n) is 18.4. The molecule has 4 N–H and O–H groups in total. The normalized spacial score (nSPS) is 20.4. The molecule has 32 heavy (non-hydrogen) atoms. The van der Waals surface area contributed by atoms with Crippen molar-refractivity contribution in [2.45, 2.75) is 51.2 Å². The van der Waals surface area contributed by atoms with Gasteiger partial charge in [-0.3, -0.25) is 15.1 Å². The Morgan fingerprint density at radius 3 is 2.66 bits per heavy atom. The third-order valence-electron chi connectivity index (χ3n) is 5.64. The van der Waals surface area contributed by atoms with E-state index in [1.54, 1.807) is 6.08 Å². The van der Waals surface area contributed by atoms with E-state index in [0.717, 1.165) is 37.2 Å². The Kier molecular flexibility index (Phi) is 8.92. The van der Waals surface area contributed by atoms with E-state index in [-0.39, 0.29) is 12.2 Å². The van der Waals surface area contributed by atoms with Gasteiger partial charge in [0.15, 0.2) is 0 Å². The van der Waals surface area contributed by atoms with Crippen molar-refractivity contribution in [1.29, 1.82) is 0 Å². The topological polar surface area (TPSA) is 126 Å². The Bertz CT molecular complexity index is 881. The molecular formula is C22H33N3O6S. The number of carboxylic acids is 1. The van der Waals surface area contributed by atoms with Gasteiger partial charge in [-0.2, -0.15) is 0 Å². The van der Waals surface area contributed by atoms with Crippen LogP contribution in [0.15, 0.2) is 30.3 Å². The average Bonchev–Trinajstić information content (AvgIpc) is 3.25. The van der Waals surface area contributed by atoms with Crippen LogP contribution in [0.4, 0.5) is 0 Å². The minimum atomic E-state index is -3.66. The highest BCUT2D eigenvalue weighted by molar-refractivity contribution is 7.89. The van der Waals surface area contributed by atoms with E-state index in [1.807, 2.05) is 31.2 Å². The third-order valence-corrected chi connectivity index (χ3v) is 7.11. The number of ether oxygens (including phenoxy) is 1. The van der Waals surface area contributed by atoms with Crippen molar-refractivity contribution >= 4 is 21.7 Å². The molecule has 0 aromatic heterocycles. The number of unbranched alkanes of at least 4 members (excludes halogenated alkanes) is 1. The molecule has 1 aromatic rings. The Labute approximate surface area is 189 Å². The monoisotopic (exact) mass is 467 g/mol. The summed E-state index contributed by atoms with van der Waals surface area (Å²) in [6, 6.07) is 6.35. The van der Waals surface area contributed by atoms with Gasteiger partial charge in [0.25, 0.3) is 0 Å². The average molecular weight is 468 g/mol. The van der Waals surface area contributed by atoms with Gasteiger partial charge in [-0.05, 0) is 74.2 Å². The fourth-order valence-corrected chi connectivity index (χ4v) is 5.12. The minimum Gasteiger partial charge on any atom is -0.493 e. The van der Waals surface area contributed by atoms with E-state index < -0.39 is 28.1 Å². The Morgan fingerprint density at radius 2 is 2.00 bits per heavy atom. The lowest BCUT2D eigenvalue weighted by molar-refractivity contribution is -0.139. The van der Waals surface area contributed by atoms with E-state index in [1.165, 1.54) is 0 Å². The highest BCUT2D eigenvalue weighted by Crippen LogP contribution is 2.24. The van der Waals surface area contributed by atoms with Crippen molar-refractivity contribution in [2.24, 2.45) is 5.92 Å². The summed E-state index contributed by atoms with van der Waals surface area (Å²) in [6.45, 7) is 4.66. The molecular weight excluding hydrogens is 434 g/mol. The molecule has 0 radical (unpaired) electrons. The Balaban J connectivity index is 1.54. The second-order valence-electron chi connectivity index (χ2n) is 8.28. The molecule has 1 saturated heterocycles. The number of hydrogen-bond donors (Lipinski definition) is 4. The van der Waals surface area contributed by atoms with Crippen molar-refractivity contribution in [3.8, 4) is 5.75 Å². The summed E-state index contributed by atoms with van der Waals surface area (Å²) >= 11 is 0. The maximum atomic E-state index is 12.1. The lowest BCUT2D eigenvalue weighted by Crippen LogP contribution is -2.43. The van der Waals surface area contributed by atoms with Gasteiger partial charge >= 0.3 is 5.97 Å². The standard InChI is InChI=1S/C22H33N3O6S/c1-2-3-12-32(28,29)25-21(22(26)27)14-19-13-20(24-31-19)17-4-6-18(7-5-17)30-15-16-8-10-23-11-9-16/h4-7,13,16,19,21,23-25H,2-3,8-12,14-15H2,1H3,(H,26,27)/t19-,21-/m0/s1. The number of benzene rings is 1. The van der Waals surface area contributed by atoms with Crippen LogP contribution in [0.25, 0.3) is 5.70 Å². The summed E-state index contributed by atoms with van der Waals surface area (Å²) in [6.07, 6.45) is 4.61. The maximum Gasteiger partial charge on any atom is 0.321 e. The fraction of sp³-hybridized carbons (Fsp3) is 0.591. The van der Waals surface area contributed by atoms with Gasteiger partial charge in [-0.25, -0.2) is 13.1 Å². The van der Waals surface area contributed by atoms with E-state index >= 15 is 0 Å². The van der Waals surface area contributed by atoms with Crippen molar-refractivity contribution < 1.29 is 27.9 Å². The van der Waals surface area contributed by atoms with Gasteiger partial charge in [0.2, 0.25) is 10.0 Å². The first kappa shape index (κ1) is 24.5. The highest BCUT2D eigenvalue weighted by atomic mass is 32.2. The van der Waals surface area contributed by atoms with Gasteiger partial charge in [0, 0.05) is 6.42 Å². The largest absolute Gasteiger partial charge is 0.493 e. The van der Waals surface area contributed by atoms with Crippen LogP contribution in [0.2, 0.25) is 0 Å². The first-order chi connectivity index (χ1) is 15.4. The molecule has 1 fully saturated rings. The molecule has 10 heteroatoms. The molecule has 3 rings (SSSR count). The number of carboxylic acid groups (broad SMARTS) is 1. The number of rotatable bonds is 12. The summed E-state index contributed by atoms with van der Waals surface area (Å²) in [5.74, 6) is 0.0527. The van der Waals surface area contributed by atoms with Crippen LogP contribution in [0.3, 0.4) is 0 Å². The van der Waals surface area contributed by atoms with Crippen molar-refractivity contribution in [3.63, 3.8) is 0 Å². The third kappa shape index (κ3) is 7.47. The fourth-order valence-electron chi connectivity index (χ4n) is 3.70. The predicted molar refractivity (Wildman–Crippen MR) is 121 cm³/mol. The van der Waals surface area contributed by atoms with Gasteiger partial charge in [-0.15, -0.1) is 0 Å². The van der Waals surface area contributed by atoms with E-state index in [2.05, 4.69) is 15.5 Å². The summed E-state index contributed by atoms with van der Waals surface area (Å²) in [5, 5.41) is 12.8. The SMILES string of the molecule is CCCCS(=O)(=O)N[C@@H](C[C@@H]1C=C(c2ccc(OCC3CCNCC3)cc2)NO1)C(=O)O. The van der Waals surface area contributed by atoms with Crippen LogP contribution in [0, 0.1) is 5.92 Å².